The van der Waals surface area contributed by atoms with E-state index in [0.717, 1.165) is 31.4 Å². The molecule has 0 spiro atoms. The maximum absolute atomic E-state index is 14.1. The second-order valence-corrected chi connectivity index (χ2v) is 7.50. The number of Topliss-reactive ketones (excluding diaryl/α,β-unsaturated/α-hetero) is 1. The second kappa shape index (κ2) is 4.81. The smallest absolute Gasteiger partial charge is 0.173 e. The molecule has 5 unspecified atom stereocenters. The number of carbonyl (C=O) groups is 1. The largest absolute Gasteiger partial charge is 0.497 e. The molecular weight excluding hydrogens is 279 g/mol. The van der Waals surface area contributed by atoms with E-state index in [0.29, 0.717) is 18.3 Å². The van der Waals surface area contributed by atoms with Crippen LogP contribution in [0.5, 0.6) is 5.75 Å². The number of methoxy groups -OCH3 is 1. The standard InChI is InChI=1S/C19H23FO2/c1-19-8-7-14-13-6-4-12(22-2)9-11(13)3-5-15(14)16(19)10-17(20)18(19)21/h4,6,9,14-17H,3,5,7-8,10H2,1-2H3. The monoisotopic (exact) mass is 302 g/mol. The number of aryl methyl sites for hydroxylation is 1. The van der Waals surface area contributed by atoms with Gasteiger partial charge in [0.05, 0.1) is 7.11 Å². The van der Waals surface area contributed by atoms with Crippen LogP contribution in [0.1, 0.15) is 49.7 Å². The van der Waals surface area contributed by atoms with Crippen molar-refractivity contribution in [2.45, 2.75) is 51.1 Å². The van der Waals surface area contributed by atoms with E-state index in [4.69, 9.17) is 4.74 Å². The summed E-state index contributed by atoms with van der Waals surface area (Å²) in [5, 5.41) is 0. The Morgan fingerprint density at radius 1 is 1.32 bits per heavy atom. The predicted octanol–water partition coefficient (Wildman–Crippen LogP) is 4.07. The Morgan fingerprint density at radius 3 is 2.91 bits per heavy atom. The fourth-order valence-electron chi connectivity index (χ4n) is 5.43. The van der Waals surface area contributed by atoms with Crippen LogP contribution in [-0.4, -0.2) is 19.1 Å². The number of ether oxygens (including phenoxy) is 1. The second-order valence-electron chi connectivity index (χ2n) is 7.50. The van der Waals surface area contributed by atoms with Crippen LogP contribution in [0.15, 0.2) is 18.2 Å². The number of ketones is 1. The Labute approximate surface area is 131 Å². The van der Waals surface area contributed by atoms with E-state index in [1.54, 1.807) is 7.11 Å². The Hall–Kier alpha value is -1.38. The molecule has 22 heavy (non-hydrogen) atoms. The summed E-state index contributed by atoms with van der Waals surface area (Å²) in [4.78, 5) is 12.3. The first-order valence-corrected chi connectivity index (χ1v) is 8.40. The summed E-state index contributed by atoms with van der Waals surface area (Å²) in [5.74, 6) is 1.97. The van der Waals surface area contributed by atoms with E-state index in [-0.39, 0.29) is 11.7 Å². The van der Waals surface area contributed by atoms with Crippen LogP contribution < -0.4 is 4.74 Å². The summed E-state index contributed by atoms with van der Waals surface area (Å²) < 4.78 is 19.4. The van der Waals surface area contributed by atoms with Gasteiger partial charge >= 0.3 is 0 Å². The number of alkyl halides is 1. The molecule has 3 aliphatic rings. The average Bonchev–Trinajstić information content (AvgIpc) is 2.77. The van der Waals surface area contributed by atoms with Crippen molar-refractivity contribution in [3.8, 4) is 5.75 Å². The van der Waals surface area contributed by atoms with Crippen LogP contribution >= 0.6 is 0 Å². The minimum absolute atomic E-state index is 0.128. The van der Waals surface area contributed by atoms with E-state index < -0.39 is 11.6 Å². The van der Waals surface area contributed by atoms with Crippen molar-refractivity contribution in [2.24, 2.45) is 17.3 Å². The van der Waals surface area contributed by atoms with Gasteiger partial charge in [-0.05, 0) is 73.1 Å². The Bertz CT molecular complexity index is 626. The van der Waals surface area contributed by atoms with E-state index >= 15 is 0 Å². The summed E-state index contributed by atoms with van der Waals surface area (Å²) in [7, 11) is 1.70. The van der Waals surface area contributed by atoms with Crippen LogP contribution in [0.4, 0.5) is 4.39 Å². The van der Waals surface area contributed by atoms with Gasteiger partial charge in [-0.1, -0.05) is 13.0 Å². The summed E-state index contributed by atoms with van der Waals surface area (Å²) in [6.07, 6.45) is 3.16. The number of hydrogen-bond donors (Lipinski definition) is 0. The van der Waals surface area contributed by atoms with Gasteiger partial charge in [-0.2, -0.15) is 0 Å². The Kier molecular flexibility index (Phi) is 3.11. The topological polar surface area (TPSA) is 26.3 Å². The number of fused-ring (bicyclic) bond motifs is 5. The van der Waals surface area contributed by atoms with Crippen molar-refractivity contribution >= 4 is 5.78 Å². The van der Waals surface area contributed by atoms with Gasteiger partial charge in [0.1, 0.15) is 5.75 Å². The normalized spacial score (nSPS) is 39.9. The van der Waals surface area contributed by atoms with E-state index in [2.05, 4.69) is 12.1 Å². The van der Waals surface area contributed by atoms with Crippen molar-refractivity contribution in [2.75, 3.05) is 7.11 Å². The van der Waals surface area contributed by atoms with Gasteiger partial charge in [0.25, 0.3) is 0 Å². The molecule has 0 saturated heterocycles. The zero-order chi connectivity index (χ0) is 15.5. The first-order chi connectivity index (χ1) is 10.5. The molecule has 1 aromatic carbocycles. The Morgan fingerprint density at radius 2 is 2.14 bits per heavy atom. The third-order valence-electron chi connectivity index (χ3n) is 6.63. The van der Waals surface area contributed by atoms with Gasteiger partial charge < -0.3 is 4.74 Å². The lowest BCUT2D eigenvalue weighted by Gasteiger charge is -2.48. The molecule has 118 valence electrons. The highest BCUT2D eigenvalue weighted by Crippen LogP contribution is 2.60. The fourth-order valence-corrected chi connectivity index (χ4v) is 5.43. The molecule has 0 radical (unpaired) electrons. The molecule has 0 amide bonds. The first-order valence-electron chi connectivity index (χ1n) is 8.40. The number of hydrogen-bond acceptors (Lipinski definition) is 2. The molecular formula is C19H23FO2. The average molecular weight is 302 g/mol. The number of benzene rings is 1. The minimum atomic E-state index is -1.23. The molecule has 5 atom stereocenters. The van der Waals surface area contributed by atoms with Gasteiger partial charge in [0, 0.05) is 5.41 Å². The summed E-state index contributed by atoms with van der Waals surface area (Å²) >= 11 is 0. The van der Waals surface area contributed by atoms with Crippen molar-refractivity contribution in [1.82, 2.24) is 0 Å². The van der Waals surface area contributed by atoms with Crippen LogP contribution in [0, 0.1) is 17.3 Å². The maximum atomic E-state index is 14.1. The molecule has 0 bridgehead atoms. The predicted molar refractivity (Wildman–Crippen MR) is 82.9 cm³/mol. The summed E-state index contributed by atoms with van der Waals surface area (Å²) in [6, 6.07) is 6.38. The lowest BCUT2D eigenvalue weighted by atomic mass is 9.55. The molecule has 3 heteroatoms. The van der Waals surface area contributed by atoms with E-state index in [1.165, 1.54) is 11.1 Å². The van der Waals surface area contributed by atoms with Crippen LogP contribution in [0.3, 0.4) is 0 Å². The zero-order valence-corrected chi connectivity index (χ0v) is 13.3. The molecule has 0 N–H and O–H groups in total. The molecule has 2 nitrogen and oxygen atoms in total. The van der Waals surface area contributed by atoms with Crippen molar-refractivity contribution < 1.29 is 13.9 Å². The molecule has 1 aromatic rings. The van der Waals surface area contributed by atoms with Gasteiger partial charge in [0.15, 0.2) is 12.0 Å². The zero-order valence-electron chi connectivity index (χ0n) is 13.3. The lowest BCUT2D eigenvalue weighted by Crippen LogP contribution is -2.42. The summed E-state index contributed by atoms with van der Waals surface area (Å²) in [5.41, 5.74) is 2.38. The van der Waals surface area contributed by atoms with Crippen molar-refractivity contribution in [3.05, 3.63) is 29.3 Å². The molecule has 2 fully saturated rings. The Balaban J connectivity index is 1.70. The van der Waals surface area contributed by atoms with Crippen molar-refractivity contribution in [3.63, 3.8) is 0 Å². The van der Waals surface area contributed by atoms with Crippen LogP contribution in [0.2, 0.25) is 0 Å². The highest BCUT2D eigenvalue weighted by molar-refractivity contribution is 5.91. The highest BCUT2D eigenvalue weighted by atomic mass is 19.1. The third-order valence-corrected chi connectivity index (χ3v) is 6.63. The minimum Gasteiger partial charge on any atom is -0.497 e. The lowest BCUT2D eigenvalue weighted by molar-refractivity contribution is -0.132. The number of carbonyl (C=O) groups excluding carboxylic acids is 1. The molecule has 3 aliphatic carbocycles. The van der Waals surface area contributed by atoms with Crippen molar-refractivity contribution in [1.29, 1.82) is 0 Å². The van der Waals surface area contributed by atoms with Gasteiger partial charge in [-0.25, -0.2) is 4.39 Å². The van der Waals surface area contributed by atoms with E-state index in [1.807, 2.05) is 13.0 Å². The quantitative estimate of drug-likeness (QED) is 0.781. The van der Waals surface area contributed by atoms with Gasteiger partial charge in [0.2, 0.25) is 0 Å². The van der Waals surface area contributed by atoms with Crippen LogP contribution in [0.25, 0.3) is 0 Å². The molecule has 0 heterocycles. The number of rotatable bonds is 1. The fraction of sp³-hybridized carbons (Fsp3) is 0.632. The number of halogens is 1. The molecule has 2 saturated carbocycles. The van der Waals surface area contributed by atoms with Gasteiger partial charge in [-0.3, -0.25) is 4.79 Å². The maximum Gasteiger partial charge on any atom is 0.173 e. The molecule has 4 rings (SSSR count). The SMILES string of the molecule is COc1ccc2c(c1)CCC1C2CCC2(C)C(=O)C(F)CC12. The first kappa shape index (κ1) is 14.2. The van der Waals surface area contributed by atoms with E-state index in [9.17, 15) is 9.18 Å². The van der Waals surface area contributed by atoms with Crippen LogP contribution in [-0.2, 0) is 11.2 Å². The summed E-state index contributed by atoms with van der Waals surface area (Å²) in [6.45, 7) is 2.01. The third kappa shape index (κ3) is 1.80. The molecule has 0 aromatic heterocycles. The highest BCUT2D eigenvalue weighted by Gasteiger charge is 2.58. The van der Waals surface area contributed by atoms with Gasteiger partial charge in [-0.15, -0.1) is 0 Å². The molecule has 0 aliphatic heterocycles.